The number of piperidine rings is 1. The van der Waals surface area contributed by atoms with Gasteiger partial charge in [0.25, 0.3) is 0 Å². The summed E-state index contributed by atoms with van der Waals surface area (Å²) in [5.41, 5.74) is 0. The zero-order valence-electron chi connectivity index (χ0n) is 10.3. The Morgan fingerprint density at radius 2 is 2.25 bits per heavy atom. The molecule has 3 heteroatoms. The minimum absolute atomic E-state index is 0.0618. The lowest BCUT2D eigenvalue weighted by Crippen LogP contribution is -2.41. The predicted octanol–water partition coefficient (Wildman–Crippen LogP) is 2.39. The molecule has 1 saturated carbocycles. The van der Waals surface area contributed by atoms with E-state index in [0.717, 1.165) is 19.4 Å². The molecule has 2 aliphatic rings. The summed E-state index contributed by atoms with van der Waals surface area (Å²) in [4.78, 5) is 17.7. The van der Waals surface area contributed by atoms with Gasteiger partial charge in [-0.2, -0.15) is 0 Å². The number of carbonyl (C=O) groups excluding carboxylic acids is 1. The summed E-state index contributed by atoms with van der Waals surface area (Å²) in [5.74, 6) is 1.79. The molecule has 88 valence electrons. The Bertz CT molecular complexity index is 333. The Morgan fingerprint density at radius 3 is 2.81 bits per heavy atom. The first-order valence-corrected chi connectivity index (χ1v) is 6.27. The third-order valence-electron chi connectivity index (χ3n) is 4.41. The van der Waals surface area contributed by atoms with Gasteiger partial charge in [-0.15, -0.1) is 0 Å². The van der Waals surface area contributed by atoms with Crippen LogP contribution in [0.15, 0.2) is 0 Å². The summed E-state index contributed by atoms with van der Waals surface area (Å²) >= 11 is 0. The van der Waals surface area contributed by atoms with E-state index >= 15 is 0 Å². The Morgan fingerprint density at radius 1 is 1.56 bits per heavy atom. The molecule has 3 nitrogen and oxygen atoms in total. The first kappa shape index (κ1) is 11.4. The molecule has 0 radical (unpaired) electrons. The zero-order valence-corrected chi connectivity index (χ0v) is 10.3. The molecule has 1 heterocycles. The minimum atomic E-state index is -0.149. The number of fused-ring (bicyclic) bond motifs is 1. The Hall–Kier alpha value is -1.04. The molecule has 1 aliphatic carbocycles. The minimum Gasteiger partial charge on any atom is -0.289 e. The topological polar surface area (TPSA) is 24.7 Å². The Labute approximate surface area is 97.6 Å². The first-order valence-electron chi connectivity index (χ1n) is 6.27. The molecule has 0 N–H and O–H groups in total. The lowest BCUT2D eigenvalue weighted by Gasteiger charge is -2.25. The molecular weight excluding hydrogens is 200 g/mol. The molecule has 0 spiro atoms. The van der Waals surface area contributed by atoms with Crippen LogP contribution in [-0.2, 0) is 4.79 Å². The number of nitrogens with zero attached hydrogens (tertiary/aromatic N) is 2. The van der Waals surface area contributed by atoms with Gasteiger partial charge < -0.3 is 0 Å². The van der Waals surface area contributed by atoms with Crippen molar-refractivity contribution in [2.75, 3.05) is 6.54 Å². The fourth-order valence-electron chi connectivity index (χ4n) is 2.68. The lowest BCUT2D eigenvalue weighted by atomic mass is 9.92. The number of rotatable bonds is 3. The zero-order chi connectivity index (χ0) is 11.9. The van der Waals surface area contributed by atoms with Gasteiger partial charge in [-0.25, -0.2) is 6.57 Å². The number of carbonyl (C=O) groups is 1. The second-order valence-electron chi connectivity index (χ2n) is 5.37. The highest BCUT2D eigenvalue weighted by atomic mass is 16.2. The summed E-state index contributed by atoms with van der Waals surface area (Å²) in [6, 6.07) is 0. The molecule has 1 saturated heterocycles. The highest BCUT2D eigenvalue weighted by Gasteiger charge is 2.59. The molecule has 1 amide bonds. The SMILES string of the molecule is [C-]#[N+][C@H]1[C@@H]2C[C@@H]2CN1C(=O)[C@@H](C)C(C)CC. The molecule has 0 aromatic carbocycles. The van der Waals surface area contributed by atoms with E-state index in [2.05, 4.69) is 18.7 Å². The fraction of sp³-hybridized carbons (Fsp3) is 0.846. The van der Waals surface area contributed by atoms with Gasteiger partial charge in [0.2, 0.25) is 5.91 Å². The lowest BCUT2D eigenvalue weighted by molar-refractivity contribution is -0.137. The second kappa shape index (κ2) is 4.08. The van der Waals surface area contributed by atoms with Crippen molar-refractivity contribution in [3.8, 4) is 0 Å². The van der Waals surface area contributed by atoms with Crippen molar-refractivity contribution in [1.82, 2.24) is 4.90 Å². The highest BCUT2D eigenvalue weighted by molar-refractivity contribution is 5.80. The van der Waals surface area contributed by atoms with E-state index in [4.69, 9.17) is 6.57 Å². The number of hydrogen-bond donors (Lipinski definition) is 0. The monoisotopic (exact) mass is 220 g/mol. The van der Waals surface area contributed by atoms with Crippen LogP contribution in [0.3, 0.4) is 0 Å². The van der Waals surface area contributed by atoms with E-state index in [9.17, 15) is 4.79 Å². The van der Waals surface area contributed by atoms with E-state index in [1.165, 1.54) is 0 Å². The van der Waals surface area contributed by atoms with Gasteiger partial charge in [0, 0.05) is 12.5 Å². The van der Waals surface area contributed by atoms with Crippen LogP contribution < -0.4 is 0 Å². The van der Waals surface area contributed by atoms with E-state index < -0.39 is 0 Å². The standard InChI is InChI=1S/C13H20N2O/c1-5-8(2)9(3)13(16)15-7-10-6-11(10)12(15)14-4/h8-12H,5-7H2,1-3H3/t8?,9-,10+,11+,12+/m0/s1. The number of hydrogen-bond acceptors (Lipinski definition) is 1. The van der Waals surface area contributed by atoms with Crippen LogP contribution >= 0.6 is 0 Å². The van der Waals surface area contributed by atoms with Crippen molar-refractivity contribution in [2.24, 2.45) is 23.7 Å². The molecule has 2 fully saturated rings. The normalized spacial score (nSPS) is 35.1. The van der Waals surface area contributed by atoms with Crippen molar-refractivity contribution in [2.45, 2.75) is 39.8 Å². The van der Waals surface area contributed by atoms with Gasteiger partial charge in [0.1, 0.15) is 0 Å². The van der Waals surface area contributed by atoms with Crippen molar-refractivity contribution in [3.63, 3.8) is 0 Å². The van der Waals surface area contributed by atoms with Crippen LogP contribution in [0.25, 0.3) is 4.85 Å². The van der Waals surface area contributed by atoms with Gasteiger partial charge in [-0.1, -0.05) is 27.2 Å². The van der Waals surface area contributed by atoms with Gasteiger partial charge in [0.15, 0.2) is 0 Å². The highest BCUT2D eigenvalue weighted by Crippen LogP contribution is 2.50. The molecular formula is C13H20N2O. The largest absolute Gasteiger partial charge is 0.303 e. The van der Waals surface area contributed by atoms with Gasteiger partial charge in [-0.3, -0.25) is 14.5 Å². The van der Waals surface area contributed by atoms with Crippen LogP contribution in [0.2, 0.25) is 0 Å². The predicted molar refractivity (Wildman–Crippen MR) is 62.3 cm³/mol. The van der Waals surface area contributed by atoms with Crippen LogP contribution in [0, 0.1) is 30.2 Å². The van der Waals surface area contributed by atoms with Crippen LogP contribution in [0.5, 0.6) is 0 Å². The summed E-state index contributed by atoms with van der Waals surface area (Å²) in [6.45, 7) is 14.3. The molecule has 16 heavy (non-hydrogen) atoms. The fourth-order valence-corrected chi connectivity index (χ4v) is 2.68. The quantitative estimate of drug-likeness (QED) is 0.670. The third-order valence-corrected chi connectivity index (χ3v) is 4.41. The number of amides is 1. The second-order valence-corrected chi connectivity index (χ2v) is 5.37. The molecule has 0 aromatic heterocycles. The third kappa shape index (κ3) is 1.71. The summed E-state index contributed by atoms with van der Waals surface area (Å²) < 4.78 is 0. The van der Waals surface area contributed by atoms with Crippen LogP contribution in [0.4, 0.5) is 0 Å². The maximum absolute atomic E-state index is 12.3. The van der Waals surface area contributed by atoms with Crippen molar-refractivity contribution in [1.29, 1.82) is 0 Å². The molecule has 0 aromatic rings. The van der Waals surface area contributed by atoms with Crippen molar-refractivity contribution < 1.29 is 4.79 Å². The first-order chi connectivity index (χ1) is 7.60. The molecule has 1 unspecified atom stereocenters. The van der Waals surface area contributed by atoms with E-state index in [-0.39, 0.29) is 18.0 Å². The molecule has 5 atom stereocenters. The molecule has 2 rings (SSSR count). The summed E-state index contributed by atoms with van der Waals surface area (Å²) in [5, 5.41) is 0. The Kier molecular flexibility index (Phi) is 2.92. The molecule has 0 bridgehead atoms. The van der Waals surface area contributed by atoms with Gasteiger partial charge in [-0.05, 0) is 18.3 Å². The van der Waals surface area contributed by atoms with Gasteiger partial charge in [0.05, 0.1) is 5.92 Å². The summed E-state index contributed by atoms with van der Waals surface area (Å²) in [7, 11) is 0. The van der Waals surface area contributed by atoms with Crippen LogP contribution in [0.1, 0.15) is 33.6 Å². The van der Waals surface area contributed by atoms with Crippen molar-refractivity contribution in [3.05, 3.63) is 11.4 Å². The van der Waals surface area contributed by atoms with E-state index in [1.807, 2.05) is 11.8 Å². The average Bonchev–Trinajstić information content (AvgIpc) is 2.98. The van der Waals surface area contributed by atoms with Gasteiger partial charge >= 0.3 is 6.17 Å². The molecule has 1 aliphatic heterocycles. The summed E-state index contributed by atoms with van der Waals surface area (Å²) in [6.07, 6.45) is 2.04. The maximum Gasteiger partial charge on any atom is 0.303 e. The number of likely N-dealkylation sites (tertiary alicyclic amines) is 1. The Balaban J connectivity index is 2.03. The smallest absolute Gasteiger partial charge is 0.289 e. The van der Waals surface area contributed by atoms with E-state index in [0.29, 0.717) is 17.8 Å². The van der Waals surface area contributed by atoms with E-state index in [1.54, 1.807) is 0 Å². The average molecular weight is 220 g/mol. The maximum atomic E-state index is 12.3. The van der Waals surface area contributed by atoms with Crippen LogP contribution in [-0.4, -0.2) is 23.5 Å². The van der Waals surface area contributed by atoms with Crippen molar-refractivity contribution >= 4 is 5.91 Å².